The van der Waals surface area contributed by atoms with E-state index in [1.165, 1.54) is 12.1 Å². The summed E-state index contributed by atoms with van der Waals surface area (Å²) in [4.78, 5) is 23.8. The lowest BCUT2D eigenvalue weighted by Gasteiger charge is -2.06. The fraction of sp³-hybridized carbons (Fsp3) is 0.238. The van der Waals surface area contributed by atoms with Gasteiger partial charge in [0.05, 0.1) is 12.7 Å². The summed E-state index contributed by atoms with van der Waals surface area (Å²) in [7, 11) is 0. The fourth-order valence-corrected chi connectivity index (χ4v) is 2.69. The Labute approximate surface area is 156 Å². The molecule has 0 aliphatic carbocycles. The first-order valence-electron chi connectivity index (χ1n) is 8.71. The Kier molecular flexibility index (Phi) is 5.86. The van der Waals surface area contributed by atoms with E-state index in [4.69, 9.17) is 9.15 Å². The van der Waals surface area contributed by atoms with Gasteiger partial charge in [0, 0.05) is 17.5 Å². The number of ether oxygens (including phenoxy) is 1. The van der Waals surface area contributed by atoms with Crippen LogP contribution >= 0.6 is 0 Å². The van der Waals surface area contributed by atoms with Crippen molar-refractivity contribution in [1.82, 2.24) is 5.32 Å². The molecule has 1 aromatic heterocycles. The number of halogens is 1. The highest BCUT2D eigenvalue weighted by Gasteiger charge is 2.13. The molecule has 5 nitrogen and oxygen atoms in total. The topological polar surface area (TPSA) is 68.5 Å². The molecule has 0 fully saturated rings. The molecule has 0 spiro atoms. The van der Waals surface area contributed by atoms with Crippen LogP contribution in [0.5, 0.6) is 0 Å². The molecule has 6 heteroatoms. The van der Waals surface area contributed by atoms with Gasteiger partial charge in [0.1, 0.15) is 11.4 Å². The van der Waals surface area contributed by atoms with E-state index >= 15 is 0 Å². The molecule has 0 bridgehead atoms. The third kappa shape index (κ3) is 4.94. The van der Waals surface area contributed by atoms with E-state index in [9.17, 15) is 14.0 Å². The minimum Gasteiger partial charge on any atom is -0.464 e. The first-order chi connectivity index (χ1) is 13.0. The van der Waals surface area contributed by atoms with Crippen molar-refractivity contribution >= 4 is 22.8 Å². The summed E-state index contributed by atoms with van der Waals surface area (Å²) >= 11 is 0. The average Bonchev–Trinajstić information content (AvgIpc) is 3.07. The summed E-state index contributed by atoms with van der Waals surface area (Å²) in [5, 5.41) is 3.48. The van der Waals surface area contributed by atoms with Gasteiger partial charge in [-0.3, -0.25) is 9.59 Å². The Hall–Kier alpha value is -3.15. The highest BCUT2D eigenvalue weighted by Crippen LogP contribution is 2.23. The second-order valence-electron chi connectivity index (χ2n) is 6.19. The molecule has 0 atom stereocenters. The molecule has 27 heavy (non-hydrogen) atoms. The van der Waals surface area contributed by atoms with E-state index in [0.717, 1.165) is 34.1 Å². The van der Waals surface area contributed by atoms with Crippen LogP contribution in [0.15, 0.2) is 53.1 Å². The SMILES string of the molecule is CCc1ccc2c(CC(=O)OCC(=O)NCc3ccc(F)cc3)coc2c1. The van der Waals surface area contributed by atoms with Gasteiger partial charge in [-0.05, 0) is 35.7 Å². The molecule has 0 saturated heterocycles. The maximum Gasteiger partial charge on any atom is 0.310 e. The van der Waals surface area contributed by atoms with Gasteiger partial charge in [0.25, 0.3) is 5.91 Å². The number of amides is 1. The molecular weight excluding hydrogens is 349 g/mol. The third-order valence-corrected chi connectivity index (χ3v) is 4.23. The predicted molar refractivity (Wildman–Crippen MR) is 98.5 cm³/mol. The summed E-state index contributed by atoms with van der Waals surface area (Å²) in [5.41, 5.74) is 3.37. The zero-order valence-corrected chi connectivity index (χ0v) is 15.0. The normalized spacial score (nSPS) is 10.7. The number of nitrogens with one attached hydrogen (secondary N) is 1. The van der Waals surface area contributed by atoms with Gasteiger partial charge in [0.15, 0.2) is 6.61 Å². The van der Waals surface area contributed by atoms with Crippen LogP contribution < -0.4 is 5.32 Å². The van der Waals surface area contributed by atoms with Gasteiger partial charge in [-0.25, -0.2) is 4.39 Å². The molecule has 1 heterocycles. The lowest BCUT2D eigenvalue weighted by molar-refractivity contribution is -0.147. The van der Waals surface area contributed by atoms with Crippen molar-refractivity contribution < 1.29 is 23.1 Å². The molecule has 140 valence electrons. The molecule has 0 saturated carbocycles. The van der Waals surface area contributed by atoms with Gasteiger partial charge >= 0.3 is 5.97 Å². The largest absolute Gasteiger partial charge is 0.464 e. The minimum atomic E-state index is -0.505. The quantitative estimate of drug-likeness (QED) is 0.647. The van der Waals surface area contributed by atoms with Gasteiger partial charge in [-0.2, -0.15) is 0 Å². The lowest BCUT2D eigenvalue weighted by atomic mass is 10.1. The van der Waals surface area contributed by atoms with Gasteiger partial charge in [-0.15, -0.1) is 0 Å². The number of carbonyl (C=O) groups excluding carboxylic acids is 2. The van der Waals surface area contributed by atoms with Crippen molar-refractivity contribution in [3.05, 3.63) is 71.2 Å². The van der Waals surface area contributed by atoms with E-state index in [1.54, 1.807) is 18.4 Å². The van der Waals surface area contributed by atoms with Gasteiger partial charge in [-0.1, -0.05) is 31.2 Å². The highest BCUT2D eigenvalue weighted by molar-refractivity contribution is 5.87. The minimum absolute atomic E-state index is 0.0315. The number of benzene rings is 2. The number of fused-ring (bicyclic) bond motifs is 1. The van der Waals surface area contributed by atoms with Crippen LogP contribution in [0.2, 0.25) is 0 Å². The van der Waals surface area contributed by atoms with E-state index in [0.29, 0.717) is 0 Å². The van der Waals surface area contributed by atoms with E-state index in [1.807, 2.05) is 18.2 Å². The fourth-order valence-electron chi connectivity index (χ4n) is 2.69. The number of hydrogen-bond donors (Lipinski definition) is 1. The molecule has 2 aromatic carbocycles. The Morgan fingerprint density at radius 2 is 1.85 bits per heavy atom. The molecule has 0 radical (unpaired) electrons. The molecule has 1 amide bonds. The average molecular weight is 369 g/mol. The molecular formula is C21H20FNO4. The highest BCUT2D eigenvalue weighted by atomic mass is 19.1. The number of furan rings is 1. The van der Waals surface area contributed by atoms with E-state index in [-0.39, 0.29) is 25.4 Å². The number of carbonyl (C=O) groups is 2. The van der Waals surface area contributed by atoms with E-state index in [2.05, 4.69) is 12.2 Å². The van der Waals surface area contributed by atoms with Crippen molar-refractivity contribution in [2.24, 2.45) is 0 Å². The second-order valence-corrected chi connectivity index (χ2v) is 6.19. The first kappa shape index (κ1) is 18.6. The van der Waals surface area contributed by atoms with Crippen molar-refractivity contribution in [2.75, 3.05) is 6.61 Å². The molecule has 0 aliphatic rings. The molecule has 1 N–H and O–H groups in total. The number of esters is 1. The molecule has 0 aliphatic heterocycles. The van der Waals surface area contributed by atoms with Crippen LogP contribution in [-0.4, -0.2) is 18.5 Å². The van der Waals surface area contributed by atoms with E-state index < -0.39 is 11.9 Å². The van der Waals surface area contributed by atoms with Gasteiger partial charge in [0.2, 0.25) is 0 Å². The Morgan fingerprint density at radius 1 is 1.11 bits per heavy atom. The maximum atomic E-state index is 12.8. The zero-order chi connectivity index (χ0) is 19.2. The molecule has 3 rings (SSSR count). The van der Waals surface area contributed by atoms with Crippen molar-refractivity contribution in [1.29, 1.82) is 0 Å². The van der Waals surface area contributed by atoms with Crippen molar-refractivity contribution in [3.8, 4) is 0 Å². The third-order valence-electron chi connectivity index (χ3n) is 4.23. The summed E-state index contributed by atoms with van der Waals surface area (Å²) < 4.78 is 23.4. The van der Waals surface area contributed by atoms with Crippen LogP contribution in [0, 0.1) is 5.82 Å². The number of aryl methyl sites for hydroxylation is 1. The molecule has 3 aromatic rings. The number of rotatable bonds is 7. The van der Waals surface area contributed by atoms with Crippen molar-refractivity contribution in [2.45, 2.75) is 26.3 Å². The Bertz CT molecular complexity index is 946. The van der Waals surface area contributed by atoms with Crippen LogP contribution in [-0.2, 0) is 33.7 Å². The first-order valence-corrected chi connectivity index (χ1v) is 8.71. The van der Waals surface area contributed by atoms with Crippen LogP contribution in [0.1, 0.15) is 23.6 Å². The Morgan fingerprint density at radius 3 is 2.59 bits per heavy atom. The zero-order valence-electron chi connectivity index (χ0n) is 15.0. The standard InChI is InChI=1S/C21H20FNO4/c1-2-14-5-8-18-16(12-26-19(18)9-14)10-21(25)27-13-20(24)23-11-15-3-6-17(22)7-4-15/h3-9,12H,2,10-11,13H2,1H3,(H,23,24). The summed E-state index contributed by atoms with van der Waals surface area (Å²) in [6.07, 6.45) is 2.48. The lowest BCUT2D eigenvalue weighted by Crippen LogP contribution is -2.28. The summed E-state index contributed by atoms with van der Waals surface area (Å²) in [5.74, 6) is -1.26. The van der Waals surface area contributed by atoms with Gasteiger partial charge < -0.3 is 14.5 Å². The van der Waals surface area contributed by atoms with Crippen LogP contribution in [0.3, 0.4) is 0 Å². The van der Waals surface area contributed by atoms with Crippen LogP contribution in [0.25, 0.3) is 11.0 Å². The molecule has 0 unspecified atom stereocenters. The maximum absolute atomic E-state index is 12.8. The second kappa shape index (κ2) is 8.49. The summed E-state index contributed by atoms with van der Waals surface area (Å²) in [6, 6.07) is 11.7. The smallest absolute Gasteiger partial charge is 0.310 e. The van der Waals surface area contributed by atoms with Crippen LogP contribution in [0.4, 0.5) is 4.39 Å². The monoisotopic (exact) mass is 369 g/mol. The predicted octanol–water partition coefficient (Wildman–Crippen LogP) is 3.54. The summed E-state index contributed by atoms with van der Waals surface area (Å²) in [6.45, 7) is 1.93. The number of hydrogen-bond acceptors (Lipinski definition) is 4. The Balaban J connectivity index is 1.48. The van der Waals surface area contributed by atoms with Crippen molar-refractivity contribution in [3.63, 3.8) is 0 Å².